The Morgan fingerprint density at radius 2 is 2.00 bits per heavy atom. The van der Waals surface area contributed by atoms with E-state index in [0.717, 1.165) is 0 Å². The predicted molar refractivity (Wildman–Crippen MR) is 74.5 cm³/mol. The van der Waals surface area contributed by atoms with Gasteiger partial charge in [0.05, 0.1) is 5.69 Å². The van der Waals surface area contributed by atoms with Gasteiger partial charge in [-0.1, -0.05) is 0 Å². The number of carbonyl (C=O) groups is 1. The van der Waals surface area contributed by atoms with Crippen molar-refractivity contribution in [3.05, 3.63) is 21.6 Å². The summed E-state index contributed by atoms with van der Waals surface area (Å²) in [6.07, 6.45) is 0.592. The van der Waals surface area contributed by atoms with E-state index in [4.69, 9.17) is 10.5 Å². The first kappa shape index (κ1) is 14.4. The molecule has 1 aliphatic rings. The number of H-pyrrole nitrogens is 1. The van der Waals surface area contributed by atoms with E-state index in [1.165, 1.54) is 0 Å². The highest BCUT2D eigenvalue weighted by Crippen LogP contribution is 2.15. The minimum Gasteiger partial charge on any atom is -0.444 e. The molecule has 0 radical (unpaired) electrons. The molecule has 0 unspecified atom stereocenters. The van der Waals surface area contributed by atoms with Gasteiger partial charge >= 0.3 is 6.09 Å². The summed E-state index contributed by atoms with van der Waals surface area (Å²) in [4.78, 5) is 32.1. The van der Waals surface area contributed by atoms with Crippen molar-refractivity contribution in [2.75, 3.05) is 18.8 Å². The van der Waals surface area contributed by atoms with Crippen LogP contribution in [0.3, 0.4) is 0 Å². The fraction of sp³-hybridized carbons (Fsp3) is 0.615. The average Bonchev–Trinajstić information content (AvgIpc) is 2.49. The van der Waals surface area contributed by atoms with Crippen LogP contribution in [0.2, 0.25) is 0 Å². The molecule has 0 saturated carbocycles. The molecule has 1 amide bonds. The molecule has 2 rings (SSSR count). The number of hydrogen-bond donors (Lipinski definition) is 2. The van der Waals surface area contributed by atoms with Gasteiger partial charge in [-0.25, -0.2) is 9.78 Å². The molecule has 110 valence electrons. The lowest BCUT2D eigenvalue weighted by atomic mass is 10.1. The SMILES string of the molecule is CC(C)(C)OC(=O)N1CCc2nc(N)[nH]c(=O)c2CC1. The number of nitrogens with one attached hydrogen (secondary N) is 1. The number of carbonyl (C=O) groups excluding carboxylic acids is 1. The van der Waals surface area contributed by atoms with E-state index in [-0.39, 0.29) is 17.6 Å². The highest BCUT2D eigenvalue weighted by Gasteiger charge is 2.25. The molecule has 0 fully saturated rings. The third-order valence-corrected chi connectivity index (χ3v) is 3.02. The second-order valence-corrected chi connectivity index (χ2v) is 5.84. The summed E-state index contributed by atoms with van der Waals surface area (Å²) < 4.78 is 5.34. The van der Waals surface area contributed by atoms with Crippen LogP contribution in [-0.2, 0) is 17.6 Å². The Hall–Kier alpha value is -2.05. The molecule has 20 heavy (non-hydrogen) atoms. The first-order valence-corrected chi connectivity index (χ1v) is 6.62. The smallest absolute Gasteiger partial charge is 0.410 e. The second-order valence-electron chi connectivity index (χ2n) is 5.84. The Bertz CT molecular complexity index is 574. The molecule has 3 N–H and O–H groups in total. The van der Waals surface area contributed by atoms with Crippen LogP contribution in [0.15, 0.2) is 4.79 Å². The zero-order chi connectivity index (χ0) is 14.9. The molecule has 7 heteroatoms. The Morgan fingerprint density at radius 3 is 2.65 bits per heavy atom. The first-order valence-electron chi connectivity index (χ1n) is 6.62. The molecule has 1 aromatic heterocycles. The number of aromatic nitrogens is 2. The molecule has 2 heterocycles. The number of ether oxygens (including phenoxy) is 1. The number of amides is 1. The maximum absolute atomic E-state index is 12.0. The van der Waals surface area contributed by atoms with Crippen molar-refractivity contribution in [2.24, 2.45) is 0 Å². The number of nitrogens with two attached hydrogens (primary N) is 1. The lowest BCUT2D eigenvalue weighted by Crippen LogP contribution is -2.38. The maximum Gasteiger partial charge on any atom is 0.410 e. The number of nitrogen functional groups attached to an aromatic ring is 1. The molecular formula is C13H20N4O3. The number of hydrogen-bond acceptors (Lipinski definition) is 5. The molecule has 7 nitrogen and oxygen atoms in total. The fourth-order valence-corrected chi connectivity index (χ4v) is 2.14. The van der Waals surface area contributed by atoms with Crippen molar-refractivity contribution < 1.29 is 9.53 Å². The molecule has 1 aliphatic heterocycles. The zero-order valence-electron chi connectivity index (χ0n) is 12.0. The third-order valence-electron chi connectivity index (χ3n) is 3.02. The highest BCUT2D eigenvalue weighted by molar-refractivity contribution is 5.68. The molecule has 0 saturated heterocycles. The lowest BCUT2D eigenvalue weighted by Gasteiger charge is -2.26. The van der Waals surface area contributed by atoms with Gasteiger partial charge in [0.15, 0.2) is 0 Å². The van der Waals surface area contributed by atoms with Crippen molar-refractivity contribution in [3.63, 3.8) is 0 Å². The molecule has 0 atom stereocenters. The van der Waals surface area contributed by atoms with Gasteiger partial charge in [0, 0.05) is 25.1 Å². The number of aromatic amines is 1. The van der Waals surface area contributed by atoms with Crippen LogP contribution in [0.5, 0.6) is 0 Å². The number of fused-ring (bicyclic) bond motifs is 1. The van der Waals surface area contributed by atoms with Crippen molar-refractivity contribution in [1.82, 2.24) is 14.9 Å². The summed E-state index contributed by atoms with van der Waals surface area (Å²) in [5.41, 5.74) is 6.05. The van der Waals surface area contributed by atoms with Crippen molar-refractivity contribution in [3.8, 4) is 0 Å². The molecule has 0 aromatic carbocycles. The largest absolute Gasteiger partial charge is 0.444 e. The maximum atomic E-state index is 12.0. The normalized spacial score (nSPS) is 15.4. The van der Waals surface area contributed by atoms with Crippen molar-refractivity contribution in [1.29, 1.82) is 0 Å². The fourth-order valence-electron chi connectivity index (χ4n) is 2.14. The third kappa shape index (κ3) is 3.28. The number of nitrogens with zero attached hydrogens (tertiary/aromatic N) is 2. The topological polar surface area (TPSA) is 101 Å². The van der Waals surface area contributed by atoms with Gasteiger partial charge in [0.1, 0.15) is 5.60 Å². The molecule has 0 bridgehead atoms. The summed E-state index contributed by atoms with van der Waals surface area (Å²) in [6, 6.07) is 0. The van der Waals surface area contributed by atoms with Gasteiger partial charge in [0.2, 0.25) is 5.95 Å². The minimum atomic E-state index is -0.531. The number of anilines is 1. The second kappa shape index (κ2) is 5.15. The van der Waals surface area contributed by atoms with Crippen LogP contribution in [0.1, 0.15) is 32.0 Å². The van der Waals surface area contributed by atoms with Crippen LogP contribution in [0, 0.1) is 0 Å². The van der Waals surface area contributed by atoms with Crippen LogP contribution in [0.25, 0.3) is 0 Å². The predicted octanol–water partition coefficient (Wildman–Crippen LogP) is 0.688. The van der Waals surface area contributed by atoms with E-state index < -0.39 is 5.60 Å². The summed E-state index contributed by atoms with van der Waals surface area (Å²) in [6.45, 7) is 6.38. The van der Waals surface area contributed by atoms with Gasteiger partial charge in [-0.2, -0.15) is 0 Å². The van der Waals surface area contributed by atoms with E-state index in [9.17, 15) is 9.59 Å². The van der Waals surface area contributed by atoms with Gasteiger partial charge in [0.25, 0.3) is 5.56 Å². The highest BCUT2D eigenvalue weighted by atomic mass is 16.6. The zero-order valence-corrected chi connectivity index (χ0v) is 12.0. The molecule has 1 aromatic rings. The first-order chi connectivity index (χ1) is 9.26. The van der Waals surface area contributed by atoms with Gasteiger partial charge in [-0.05, 0) is 27.2 Å². The molecule has 0 aliphatic carbocycles. The van der Waals surface area contributed by atoms with Crippen LogP contribution in [0.4, 0.5) is 10.7 Å². The monoisotopic (exact) mass is 280 g/mol. The molecule has 0 spiro atoms. The van der Waals surface area contributed by atoms with E-state index in [1.807, 2.05) is 20.8 Å². The molecular weight excluding hydrogens is 260 g/mol. The van der Waals surface area contributed by atoms with Crippen molar-refractivity contribution >= 4 is 12.0 Å². The van der Waals surface area contributed by atoms with Crippen molar-refractivity contribution in [2.45, 2.75) is 39.2 Å². The Kier molecular flexibility index (Phi) is 3.69. The van der Waals surface area contributed by atoms with Crippen LogP contribution < -0.4 is 11.3 Å². The Labute approximate surface area is 117 Å². The Morgan fingerprint density at radius 1 is 1.35 bits per heavy atom. The average molecular weight is 280 g/mol. The van der Waals surface area contributed by atoms with E-state index in [2.05, 4.69) is 9.97 Å². The lowest BCUT2D eigenvalue weighted by molar-refractivity contribution is 0.0258. The van der Waals surface area contributed by atoms with E-state index in [1.54, 1.807) is 4.90 Å². The van der Waals surface area contributed by atoms with Crippen LogP contribution in [-0.4, -0.2) is 39.7 Å². The van der Waals surface area contributed by atoms with Gasteiger partial charge < -0.3 is 15.4 Å². The minimum absolute atomic E-state index is 0.111. The Balaban J connectivity index is 2.14. The van der Waals surface area contributed by atoms with E-state index >= 15 is 0 Å². The van der Waals surface area contributed by atoms with E-state index in [0.29, 0.717) is 37.2 Å². The standard InChI is InChI=1S/C13H20N4O3/c1-13(2,3)20-12(19)17-6-4-8-9(5-7-17)15-11(14)16-10(8)18/h4-7H2,1-3H3,(H3,14,15,16,18). The summed E-state index contributed by atoms with van der Waals surface area (Å²) in [5, 5.41) is 0. The summed E-state index contributed by atoms with van der Waals surface area (Å²) in [7, 11) is 0. The van der Waals surface area contributed by atoms with Gasteiger partial charge in [-0.3, -0.25) is 9.78 Å². The van der Waals surface area contributed by atoms with Gasteiger partial charge in [-0.15, -0.1) is 0 Å². The quantitative estimate of drug-likeness (QED) is 0.728. The summed E-state index contributed by atoms with van der Waals surface area (Å²) >= 11 is 0. The summed E-state index contributed by atoms with van der Waals surface area (Å²) in [5.74, 6) is 0.111. The number of rotatable bonds is 0. The van der Waals surface area contributed by atoms with Crippen LogP contribution >= 0.6 is 0 Å².